The Bertz CT molecular complexity index is 494. The zero-order valence-corrected chi connectivity index (χ0v) is 11.6. The number of carbonyl (C=O) groups is 2. The highest BCUT2D eigenvalue weighted by Crippen LogP contribution is 2.19. The van der Waals surface area contributed by atoms with Gasteiger partial charge in [0.1, 0.15) is 5.75 Å². The van der Waals surface area contributed by atoms with Crippen LogP contribution in [0.2, 0.25) is 0 Å². The molecule has 8 heteroatoms. The van der Waals surface area contributed by atoms with E-state index in [4.69, 9.17) is 5.73 Å². The largest absolute Gasteiger partial charge is 0.435 e. The minimum absolute atomic E-state index is 0.0560. The van der Waals surface area contributed by atoms with Crippen LogP contribution in [0.15, 0.2) is 24.3 Å². The van der Waals surface area contributed by atoms with E-state index in [2.05, 4.69) is 10.1 Å². The Morgan fingerprint density at radius 2 is 1.76 bits per heavy atom. The van der Waals surface area contributed by atoms with Gasteiger partial charge in [-0.15, -0.1) is 0 Å². The highest BCUT2D eigenvalue weighted by Gasteiger charge is 2.17. The molecule has 1 aromatic rings. The fourth-order valence-electron chi connectivity index (χ4n) is 1.71. The van der Waals surface area contributed by atoms with Crippen molar-refractivity contribution < 1.29 is 23.1 Å². The lowest BCUT2D eigenvalue weighted by molar-refractivity contribution is -0.121. The maximum Gasteiger partial charge on any atom is 0.387 e. The van der Waals surface area contributed by atoms with Gasteiger partial charge in [-0.2, -0.15) is 8.78 Å². The van der Waals surface area contributed by atoms with E-state index < -0.39 is 24.6 Å². The number of nitrogens with two attached hydrogens (primary N) is 1. The van der Waals surface area contributed by atoms with Gasteiger partial charge in [-0.25, -0.2) is 4.79 Å². The Kier molecular flexibility index (Phi) is 6.04. The summed E-state index contributed by atoms with van der Waals surface area (Å²) in [5, 5.41) is 4.92. The third-order valence-corrected chi connectivity index (χ3v) is 2.74. The van der Waals surface area contributed by atoms with E-state index in [1.54, 1.807) is 26.0 Å². The van der Waals surface area contributed by atoms with Crippen LogP contribution in [-0.4, -0.2) is 24.6 Å². The van der Waals surface area contributed by atoms with Crippen molar-refractivity contribution in [2.45, 2.75) is 32.5 Å². The van der Waals surface area contributed by atoms with Gasteiger partial charge in [-0.05, 0) is 31.5 Å². The summed E-state index contributed by atoms with van der Waals surface area (Å²) in [6.45, 7) is 0.490. The molecule has 0 aliphatic heterocycles. The molecular weight excluding hydrogens is 284 g/mol. The highest BCUT2D eigenvalue weighted by molar-refractivity contribution is 5.96. The van der Waals surface area contributed by atoms with Crippen LogP contribution in [0.1, 0.15) is 25.5 Å². The summed E-state index contributed by atoms with van der Waals surface area (Å²) in [5.74, 6) is -0.493. The van der Waals surface area contributed by atoms with Crippen LogP contribution < -0.4 is 21.1 Å². The minimum Gasteiger partial charge on any atom is -0.435 e. The SMILES string of the molecule is C[C@H](N[C@H](C)c1ccc(OC(F)F)cc1)C(=O)NC(N)=O. The number of halogens is 2. The molecule has 0 aromatic heterocycles. The normalized spacial score (nSPS) is 13.6. The summed E-state index contributed by atoms with van der Waals surface area (Å²) in [5.41, 5.74) is 5.63. The Morgan fingerprint density at radius 3 is 2.24 bits per heavy atom. The average molecular weight is 301 g/mol. The van der Waals surface area contributed by atoms with Crippen molar-refractivity contribution in [3.8, 4) is 5.75 Å². The number of benzene rings is 1. The van der Waals surface area contributed by atoms with Gasteiger partial charge in [0.05, 0.1) is 6.04 Å². The number of nitrogens with one attached hydrogen (secondary N) is 2. The number of rotatable bonds is 6. The Labute approximate surface area is 120 Å². The smallest absolute Gasteiger partial charge is 0.387 e. The van der Waals surface area contributed by atoms with Gasteiger partial charge >= 0.3 is 12.6 Å². The van der Waals surface area contributed by atoms with Gasteiger partial charge in [-0.1, -0.05) is 12.1 Å². The highest BCUT2D eigenvalue weighted by atomic mass is 19.3. The Hall–Kier alpha value is -2.22. The zero-order chi connectivity index (χ0) is 16.0. The molecule has 0 unspecified atom stereocenters. The molecule has 0 aliphatic rings. The molecule has 1 rings (SSSR count). The lowest BCUT2D eigenvalue weighted by Gasteiger charge is -2.19. The number of alkyl halides is 2. The molecule has 21 heavy (non-hydrogen) atoms. The van der Waals surface area contributed by atoms with E-state index in [0.29, 0.717) is 0 Å². The fraction of sp³-hybridized carbons (Fsp3) is 0.385. The number of carbonyl (C=O) groups excluding carboxylic acids is 2. The summed E-state index contributed by atoms with van der Waals surface area (Å²) >= 11 is 0. The van der Waals surface area contributed by atoms with E-state index in [-0.39, 0.29) is 11.8 Å². The first-order chi connectivity index (χ1) is 9.79. The van der Waals surface area contributed by atoms with Gasteiger partial charge in [0.2, 0.25) is 5.91 Å². The van der Waals surface area contributed by atoms with Crippen LogP contribution >= 0.6 is 0 Å². The van der Waals surface area contributed by atoms with Crippen molar-refractivity contribution in [3.05, 3.63) is 29.8 Å². The van der Waals surface area contributed by atoms with E-state index in [1.165, 1.54) is 12.1 Å². The van der Waals surface area contributed by atoms with Crippen molar-refractivity contribution in [3.63, 3.8) is 0 Å². The predicted octanol–water partition coefficient (Wildman–Crippen LogP) is 1.52. The average Bonchev–Trinajstić information content (AvgIpc) is 2.37. The molecule has 116 valence electrons. The van der Waals surface area contributed by atoms with Crippen LogP contribution in [0, 0.1) is 0 Å². The topological polar surface area (TPSA) is 93.4 Å². The molecule has 3 amide bonds. The first-order valence-corrected chi connectivity index (χ1v) is 6.20. The van der Waals surface area contributed by atoms with E-state index in [0.717, 1.165) is 5.56 Å². The number of hydrogen-bond donors (Lipinski definition) is 3. The second-order valence-electron chi connectivity index (χ2n) is 4.41. The maximum atomic E-state index is 12.0. The summed E-state index contributed by atoms with van der Waals surface area (Å²) in [6, 6.07) is 4.22. The zero-order valence-electron chi connectivity index (χ0n) is 11.6. The minimum atomic E-state index is -2.87. The van der Waals surface area contributed by atoms with Crippen LogP contribution in [0.5, 0.6) is 5.75 Å². The number of primary amides is 1. The lowest BCUT2D eigenvalue weighted by Crippen LogP contribution is -2.47. The van der Waals surface area contributed by atoms with Gasteiger partial charge in [-0.3, -0.25) is 15.4 Å². The first kappa shape index (κ1) is 16.8. The standard InChI is InChI=1S/C13H17F2N3O3/c1-7(17-8(2)11(19)18-13(16)20)9-3-5-10(6-4-9)21-12(14)15/h3-8,12,17H,1-2H3,(H3,16,18,19,20)/t7-,8+/m1/s1. The van der Waals surface area contributed by atoms with Crippen LogP contribution in [0.4, 0.5) is 13.6 Å². The monoisotopic (exact) mass is 301 g/mol. The second kappa shape index (κ2) is 7.53. The molecule has 0 aliphatic carbocycles. The number of amides is 3. The number of urea groups is 1. The van der Waals surface area contributed by atoms with Crippen LogP contribution in [0.3, 0.4) is 0 Å². The Morgan fingerprint density at radius 1 is 1.19 bits per heavy atom. The molecule has 0 heterocycles. The molecule has 1 aromatic carbocycles. The van der Waals surface area contributed by atoms with Crippen LogP contribution in [-0.2, 0) is 4.79 Å². The fourth-order valence-corrected chi connectivity index (χ4v) is 1.71. The molecule has 0 fully saturated rings. The molecule has 0 radical (unpaired) electrons. The summed E-state index contributed by atoms with van der Waals surface area (Å²) in [6.07, 6.45) is 0. The van der Waals surface area contributed by atoms with Crippen molar-refractivity contribution in [1.82, 2.24) is 10.6 Å². The third kappa shape index (κ3) is 5.74. The molecule has 0 saturated carbocycles. The van der Waals surface area contributed by atoms with E-state index in [9.17, 15) is 18.4 Å². The Balaban J connectivity index is 2.60. The number of ether oxygens (including phenoxy) is 1. The quantitative estimate of drug-likeness (QED) is 0.742. The van der Waals surface area contributed by atoms with Gasteiger partial charge in [0.15, 0.2) is 0 Å². The second-order valence-corrected chi connectivity index (χ2v) is 4.41. The predicted molar refractivity (Wildman–Crippen MR) is 71.8 cm³/mol. The lowest BCUT2D eigenvalue weighted by atomic mass is 10.1. The summed E-state index contributed by atoms with van der Waals surface area (Å²) < 4.78 is 28.3. The molecule has 0 bridgehead atoms. The molecular formula is C13H17F2N3O3. The molecule has 0 saturated heterocycles. The van der Waals surface area contributed by atoms with Crippen molar-refractivity contribution in [2.24, 2.45) is 5.73 Å². The summed E-state index contributed by atoms with van der Waals surface area (Å²) in [7, 11) is 0. The molecule has 0 spiro atoms. The number of imide groups is 1. The van der Waals surface area contributed by atoms with Gasteiger partial charge in [0, 0.05) is 6.04 Å². The molecule has 4 N–H and O–H groups in total. The number of hydrogen-bond acceptors (Lipinski definition) is 4. The molecule has 6 nitrogen and oxygen atoms in total. The molecule has 2 atom stereocenters. The van der Waals surface area contributed by atoms with Gasteiger partial charge in [0.25, 0.3) is 0 Å². The van der Waals surface area contributed by atoms with Crippen molar-refractivity contribution in [2.75, 3.05) is 0 Å². The third-order valence-electron chi connectivity index (χ3n) is 2.74. The van der Waals surface area contributed by atoms with E-state index >= 15 is 0 Å². The van der Waals surface area contributed by atoms with Crippen molar-refractivity contribution in [1.29, 1.82) is 0 Å². The van der Waals surface area contributed by atoms with Crippen LogP contribution in [0.25, 0.3) is 0 Å². The van der Waals surface area contributed by atoms with E-state index in [1.807, 2.05) is 5.32 Å². The van der Waals surface area contributed by atoms with Crippen molar-refractivity contribution >= 4 is 11.9 Å². The summed E-state index contributed by atoms with van der Waals surface area (Å²) in [4.78, 5) is 22.1. The first-order valence-electron chi connectivity index (χ1n) is 6.20. The van der Waals surface area contributed by atoms with Gasteiger partial charge < -0.3 is 10.5 Å². The maximum absolute atomic E-state index is 12.0.